The van der Waals surface area contributed by atoms with Gasteiger partial charge in [-0.25, -0.2) is 9.97 Å². The summed E-state index contributed by atoms with van der Waals surface area (Å²) in [6, 6.07) is 22.2. The lowest BCUT2D eigenvalue weighted by Gasteiger charge is -2.09. The van der Waals surface area contributed by atoms with Gasteiger partial charge < -0.3 is 9.84 Å². The van der Waals surface area contributed by atoms with Gasteiger partial charge in [0.05, 0.1) is 24.4 Å². The van der Waals surface area contributed by atoms with Gasteiger partial charge in [-0.3, -0.25) is 5.43 Å². The molecule has 6 nitrogen and oxygen atoms in total. The standard InChI is InChI=1S/C22H18N4O2/c1-28-16-12-10-15(11-13-16)14-23-26-22-17-6-2-4-8-19(17)24-21(25-22)18-7-3-5-9-20(18)27/h2-14,27H,1H3,(H,24,25,26)/b23-14-. The average molecular weight is 370 g/mol. The number of hydrogen-bond donors (Lipinski definition) is 2. The van der Waals surface area contributed by atoms with Crippen molar-refractivity contribution in [2.45, 2.75) is 0 Å². The van der Waals surface area contributed by atoms with Crippen LogP contribution < -0.4 is 10.2 Å². The van der Waals surface area contributed by atoms with Gasteiger partial charge >= 0.3 is 0 Å². The Morgan fingerprint density at radius 2 is 1.68 bits per heavy atom. The maximum absolute atomic E-state index is 10.2. The van der Waals surface area contributed by atoms with E-state index < -0.39 is 0 Å². The summed E-state index contributed by atoms with van der Waals surface area (Å²) in [5, 5.41) is 15.3. The molecule has 28 heavy (non-hydrogen) atoms. The van der Waals surface area contributed by atoms with E-state index in [4.69, 9.17) is 4.74 Å². The Morgan fingerprint density at radius 3 is 2.46 bits per heavy atom. The Labute approximate surface area is 162 Å². The zero-order valence-corrected chi connectivity index (χ0v) is 15.2. The molecule has 1 heterocycles. The molecule has 0 atom stereocenters. The lowest BCUT2D eigenvalue weighted by molar-refractivity contribution is 0.415. The van der Waals surface area contributed by atoms with E-state index in [1.54, 1.807) is 31.5 Å². The predicted octanol–water partition coefficient (Wildman–Crippen LogP) is 4.46. The Hall–Kier alpha value is -3.93. The van der Waals surface area contributed by atoms with Gasteiger partial charge in [0.25, 0.3) is 0 Å². The van der Waals surface area contributed by atoms with Crippen molar-refractivity contribution in [3.8, 4) is 22.9 Å². The summed E-state index contributed by atoms with van der Waals surface area (Å²) in [6.45, 7) is 0. The quantitative estimate of drug-likeness (QED) is 0.401. The van der Waals surface area contributed by atoms with Crippen LogP contribution in [0.1, 0.15) is 5.56 Å². The highest BCUT2D eigenvalue weighted by molar-refractivity contribution is 5.91. The summed E-state index contributed by atoms with van der Waals surface area (Å²) in [5.74, 6) is 1.91. The molecule has 0 amide bonds. The van der Waals surface area contributed by atoms with Gasteiger partial charge in [0.2, 0.25) is 0 Å². The fourth-order valence-electron chi connectivity index (χ4n) is 2.80. The van der Waals surface area contributed by atoms with Gasteiger partial charge in [-0.15, -0.1) is 0 Å². The first-order valence-electron chi connectivity index (χ1n) is 8.73. The second-order valence-electron chi connectivity index (χ2n) is 6.07. The van der Waals surface area contributed by atoms with E-state index in [2.05, 4.69) is 20.5 Å². The minimum absolute atomic E-state index is 0.130. The molecular weight excluding hydrogens is 352 g/mol. The number of para-hydroxylation sites is 2. The molecule has 0 fully saturated rings. The van der Waals surface area contributed by atoms with Crippen LogP contribution in [-0.2, 0) is 0 Å². The lowest BCUT2D eigenvalue weighted by Crippen LogP contribution is -1.99. The van der Waals surface area contributed by atoms with Crippen molar-refractivity contribution in [2.75, 3.05) is 12.5 Å². The molecule has 1 aromatic heterocycles. The maximum Gasteiger partial charge on any atom is 0.165 e. The van der Waals surface area contributed by atoms with Crippen molar-refractivity contribution < 1.29 is 9.84 Å². The molecule has 0 unspecified atom stereocenters. The summed E-state index contributed by atoms with van der Waals surface area (Å²) in [6.07, 6.45) is 1.70. The van der Waals surface area contributed by atoms with Gasteiger partial charge in [-0.1, -0.05) is 24.3 Å². The second-order valence-corrected chi connectivity index (χ2v) is 6.07. The SMILES string of the molecule is COc1ccc(/C=N\Nc2nc(-c3ccccc3O)nc3ccccc23)cc1. The molecule has 0 saturated carbocycles. The fraction of sp³-hybridized carbons (Fsp3) is 0.0455. The van der Waals surface area contributed by atoms with Gasteiger partial charge in [0.15, 0.2) is 11.6 Å². The number of phenolic OH excluding ortho intramolecular Hbond substituents is 1. The second kappa shape index (κ2) is 7.75. The van der Waals surface area contributed by atoms with Crippen LogP contribution in [0.4, 0.5) is 5.82 Å². The number of phenols is 1. The Balaban J connectivity index is 1.69. The highest BCUT2D eigenvalue weighted by Gasteiger charge is 2.11. The molecule has 4 rings (SSSR count). The predicted molar refractivity (Wildman–Crippen MR) is 111 cm³/mol. The molecule has 2 N–H and O–H groups in total. The van der Waals surface area contributed by atoms with E-state index in [1.165, 1.54) is 0 Å². The normalized spacial score (nSPS) is 11.0. The third kappa shape index (κ3) is 3.61. The van der Waals surface area contributed by atoms with Crippen molar-refractivity contribution in [3.63, 3.8) is 0 Å². The highest BCUT2D eigenvalue weighted by Crippen LogP contribution is 2.29. The zero-order chi connectivity index (χ0) is 19.3. The molecule has 0 aliphatic carbocycles. The number of methoxy groups -OCH3 is 1. The number of hydrazone groups is 1. The first-order chi connectivity index (χ1) is 13.7. The molecule has 0 radical (unpaired) electrons. The van der Waals surface area contributed by atoms with Crippen LogP contribution in [0.3, 0.4) is 0 Å². The van der Waals surface area contributed by atoms with Crippen LogP contribution in [0, 0.1) is 0 Å². The summed E-state index contributed by atoms with van der Waals surface area (Å²) in [4.78, 5) is 9.15. The number of nitrogens with zero attached hydrogens (tertiary/aromatic N) is 3. The number of benzene rings is 3. The van der Waals surface area contributed by atoms with Crippen molar-refractivity contribution in [1.29, 1.82) is 0 Å². The molecule has 6 heteroatoms. The molecule has 0 spiro atoms. The van der Waals surface area contributed by atoms with Gasteiger partial charge in [-0.2, -0.15) is 5.10 Å². The van der Waals surface area contributed by atoms with Gasteiger partial charge in [-0.05, 0) is 54.1 Å². The van der Waals surface area contributed by atoms with Crippen LogP contribution in [0.25, 0.3) is 22.3 Å². The van der Waals surface area contributed by atoms with Crippen LogP contribution in [0.5, 0.6) is 11.5 Å². The van der Waals surface area contributed by atoms with E-state index in [9.17, 15) is 5.11 Å². The van der Waals surface area contributed by atoms with Crippen molar-refractivity contribution in [2.24, 2.45) is 5.10 Å². The molecular formula is C22H18N4O2. The molecule has 3 aromatic carbocycles. The smallest absolute Gasteiger partial charge is 0.165 e. The Kier molecular flexibility index (Phi) is 4.84. The number of ether oxygens (including phenoxy) is 1. The van der Waals surface area contributed by atoms with Crippen LogP contribution >= 0.6 is 0 Å². The number of anilines is 1. The molecule has 0 saturated heterocycles. The van der Waals surface area contributed by atoms with Gasteiger partial charge in [0, 0.05) is 5.39 Å². The van der Waals surface area contributed by atoms with Crippen molar-refractivity contribution in [3.05, 3.63) is 78.4 Å². The summed E-state index contributed by atoms with van der Waals surface area (Å²) >= 11 is 0. The Morgan fingerprint density at radius 1 is 0.929 bits per heavy atom. The summed E-state index contributed by atoms with van der Waals surface area (Å²) in [5.41, 5.74) is 5.25. The van der Waals surface area contributed by atoms with Crippen molar-refractivity contribution in [1.82, 2.24) is 9.97 Å². The first-order valence-corrected chi connectivity index (χ1v) is 8.73. The first kappa shape index (κ1) is 17.5. The molecule has 0 aliphatic heterocycles. The number of fused-ring (bicyclic) bond motifs is 1. The zero-order valence-electron chi connectivity index (χ0n) is 15.2. The summed E-state index contributed by atoms with van der Waals surface area (Å²) in [7, 11) is 1.63. The topological polar surface area (TPSA) is 79.6 Å². The minimum Gasteiger partial charge on any atom is -0.507 e. The monoisotopic (exact) mass is 370 g/mol. The number of aromatic nitrogens is 2. The van der Waals surface area contributed by atoms with Crippen molar-refractivity contribution >= 4 is 22.9 Å². The Bertz CT molecular complexity index is 1140. The number of hydrogen-bond acceptors (Lipinski definition) is 6. The summed E-state index contributed by atoms with van der Waals surface area (Å²) < 4.78 is 5.16. The van der Waals surface area contributed by atoms with Crippen LogP contribution in [-0.4, -0.2) is 28.4 Å². The maximum atomic E-state index is 10.2. The average Bonchev–Trinajstić information content (AvgIpc) is 2.74. The number of nitrogens with one attached hydrogen (secondary N) is 1. The molecule has 0 aliphatic rings. The molecule has 138 valence electrons. The third-order valence-electron chi connectivity index (χ3n) is 4.25. The molecule has 4 aromatic rings. The highest BCUT2D eigenvalue weighted by atomic mass is 16.5. The van der Waals surface area contributed by atoms with E-state index in [0.717, 1.165) is 22.2 Å². The fourth-order valence-corrected chi connectivity index (χ4v) is 2.80. The third-order valence-corrected chi connectivity index (χ3v) is 4.25. The van der Waals surface area contributed by atoms with E-state index in [1.807, 2.05) is 54.6 Å². The van der Waals surface area contributed by atoms with E-state index in [0.29, 0.717) is 17.2 Å². The lowest BCUT2D eigenvalue weighted by atomic mass is 10.1. The minimum atomic E-state index is 0.130. The van der Waals surface area contributed by atoms with E-state index in [-0.39, 0.29) is 5.75 Å². The van der Waals surface area contributed by atoms with E-state index >= 15 is 0 Å². The number of aromatic hydroxyl groups is 1. The van der Waals surface area contributed by atoms with Crippen LogP contribution in [0.2, 0.25) is 0 Å². The van der Waals surface area contributed by atoms with Crippen LogP contribution in [0.15, 0.2) is 77.9 Å². The molecule has 0 bridgehead atoms. The number of rotatable bonds is 5. The van der Waals surface area contributed by atoms with Gasteiger partial charge in [0.1, 0.15) is 11.5 Å². The largest absolute Gasteiger partial charge is 0.507 e.